The first-order chi connectivity index (χ1) is 12.8. The summed E-state index contributed by atoms with van der Waals surface area (Å²) in [5.41, 5.74) is 4.68. The van der Waals surface area contributed by atoms with Crippen molar-refractivity contribution < 1.29 is 9.90 Å². The maximum Gasteiger partial charge on any atom is 0.335 e. The molecule has 4 aromatic rings. The quantitative estimate of drug-likeness (QED) is 0.542. The lowest BCUT2D eigenvalue weighted by Gasteiger charge is -2.02. The predicted molar refractivity (Wildman–Crippen MR) is 103 cm³/mol. The second kappa shape index (κ2) is 8.44. The molecule has 0 bridgehead atoms. The minimum atomic E-state index is -0.879. The van der Waals surface area contributed by atoms with E-state index in [4.69, 9.17) is 5.11 Å². The first-order valence-corrected chi connectivity index (χ1v) is 8.18. The summed E-state index contributed by atoms with van der Waals surface area (Å²) in [5.74, 6) is -0.879. The van der Waals surface area contributed by atoms with Crippen molar-refractivity contribution in [3.05, 3.63) is 103 Å². The Morgan fingerprint density at radius 2 is 1.23 bits per heavy atom. The molecule has 3 aromatic carbocycles. The van der Waals surface area contributed by atoms with Gasteiger partial charge in [-0.05, 0) is 12.1 Å². The molecule has 0 unspecified atom stereocenters. The number of hydrogen-bond acceptors (Lipinski definition) is 2. The molecule has 0 fully saturated rings. The van der Waals surface area contributed by atoms with Crippen molar-refractivity contribution in [2.75, 3.05) is 0 Å². The van der Waals surface area contributed by atoms with Crippen LogP contribution in [0.4, 0.5) is 0 Å². The van der Waals surface area contributed by atoms with Gasteiger partial charge in [0, 0.05) is 11.1 Å². The number of aromatic amines is 1. The Hall–Kier alpha value is -3.66. The van der Waals surface area contributed by atoms with E-state index in [1.807, 2.05) is 36.4 Å². The molecule has 26 heavy (non-hydrogen) atoms. The molecule has 0 saturated carbocycles. The third-order valence-corrected chi connectivity index (χ3v) is 3.77. The van der Waals surface area contributed by atoms with Crippen molar-refractivity contribution in [2.45, 2.75) is 0 Å². The molecule has 0 atom stereocenters. The second-order valence-corrected chi connectivity index (χ2v) is 5.53. The van der Waals surface area contributed by atoms with Gasteiger partial charge < -0.3 is 10.1 Å². The number of carbonyl (C=O) groups is 1. The van der Waals surface area contributed by atoms with Gasteiger partial charge in [0.1, 0.15) is 0 Å². The molecule has 0 radical (unpaired) electrons. The Morgan fingerprint density at radius 3 is 1.73 bits per heavy atom. The van der Waals surface area contributed by atoms with E-state index in [9.17, 15) is 4.79 Å². The van der Waals surface area contributed by atoms with E-state index in [0.29, 0.717) is 5.56 Å². The van der Waals surface area contributed by atoms with Gasteiger partial charge in [0.05, 0.1) is 23.3 Å². The smallest absolute Gasteiger partial charge is 0.335 e. The number of carboxylic acids is 1. The number of imidazole rings is 1. The summed E-state index contributed by atoms with van der Waals surface area (Å²) < 4.78 is 0. The Morgan fingerprint density at radius 1 is 0.731 bits per heavy atom. The van der Waals surface area contributed by atoms with E-state index in [2.05, 4.69) is 34.2 Å². The fraction of sp³-hybridized carbons (Fsp3) is 0. The molecule has 0 aliphatic rings. The van der Waals surface area contributed by atoms with Crippen molar-refractivity contribution in [2.24, 2.45) is 0 Å². The zero-order valence-electron chi connectivity index (χ0n) is 14.0. The fourth-order valence-corrected chi connectivity index (χ4v) is 2.51. The number of hydrogen-bond donors (Lipinski definition) is 2. The monoisotopic (exact) mass is 342 g/mol. The van der Waals surface area contributed by atoms with Crippen molar-refractivity contribution >= 4 is 5.97 Å². The van der Waals surface area contributed by atoms with Crippen molar-refractivity contribution in [1.82, 2.24) is 9.97 Å². The normalized spacial score (nSPS) is 9.85. The van der Waals surface area contributed by atoms with Crippen LogP contribution in [0.2, 0.25) is 0 Å². The van der Waals surface area contributed by atoms with E-state index < -0.39 is 5.97 Å². The summed E-state index contributed by atoms with van der Waals surface area (Å²) in [6.07, 6.45) is 1.74. The highest BCUT2D eigenvalue weighted by molar-refractivity contribution is 5.87. The van der Waals surface area contributed by atoms with E-state index in [1.165, 1.54) is 0 Å². The summed E-state index contributed by atoms with van der Waals surface area (Å²) in [7, 11) is 0. The lowest BCUT2D eigenvalue weighted by atomic mass is 10.1. The van der Waals surface area contributed by atoms with Crippen LogP contribution in [0.25, 0.3) is 22.5 Å². The van der Waals surface area contributed by atoms with Crippen LogP contribution in [-0.2, 0) is 0 Å². The maximum absolute atomic E-state index is 10.2. The zero-order chi connectivity index (χ0) is 18.2. The van der Waals surface area contributed by atoms with Gasteiger partial charge in [-0.1, -0.05) is 78.9 Å². The SMILES string of the molecule is O=C(O)c1ccccc1.c1ccc(-c2nc[nH]c2-c2ccccc2)cc1. The first kappa shape index (κ1) is 17.2. The standard InChI is InChI=1S/C15H12N2.C7H6O2/c1-3-7-12(8-4-1)14-15(17-11-16-14)13-9-5-2-6-10-13;8-7(9)6-4-2-1-3-5-6/h1-11H,(H,16,17);1-5H,(H,8,9). The summed E-state index contributed by atoms with van der Waals surface area (Å²) >= 11 is 0. The number of rotatable bonds is 3. The Balaban J connectivity index is 0.000000185. The number of benzene rings is 3. The van der Waals surface area contributed by atoms with Gasteiger partial charge in [0.25, 0.3) is 0 Å². The number of nitrogens with zero attached hydrogens (tertiary/aromatic N) is 1. The van der Waals surface area contributed by atoms with Crippen LogP contribution in [0.3, 0.4) is 0 Å². The van der Waals surface area contributed by atoms with Gasteiger partial charge in [-0.2, -0.15) is 0 Å². The third kappa shape index (κ3) is 4.24. The summed E-state index contributed by atoms with van der Waals surface area (Å²) in [5, 5.41) is 8.38. The Kier molecular flexibility index (Phi) is 5.58. The van der Waals surface area contributed by atoms with E-state index in [0.717, 1.165) is 22.5 Å². The van der Waals surface area contributed by atoms with Crippen LogP contribution < -0.4 is 0 Å². The third-order valence-electron chi connectivity index (χ3n) is 3.77. The number of nitrogens with one attached hydrogen (secondary N) is 1. The van der Waals surface area contributed by atoms with Gasteiger partial charge in [0.2, 0.25) is 0 Å². The van der Waals surface area contributed by atoms with Crippen molar-refractivity contribution in [1.29, 1.82) is 0 Å². The van der Waals surface area contributed by atoms with Gasteiger partial charge in [-0.3, -0.25) is 0 Å². The second-order valence-electron chi connectivity index (χ2n) is 5.53. The number of carboxylic acid groups (broad SMARTS) is 1. The van der Waals surface area contributed by atoms with Crippen LogP contribution in [0.15, 0.2) is 97.3 Å². The lowest BCUT2D eigenvalue weighted by molar-refractivity contribution is 0.0697. The summed E-state index contributed by atoms with van der Waals surface area (Å²) in [6, 6.07) is 28.8. The van der Waals surface area contributed by atoms with E-state index in [-0.39, 0.29) is 0 Å². The van der Waals surface area contributed by atoms with Crippen LogP contribution in [0.5, 0.6) is 0 Å². The molecule has 0 amide bonds. The van der Waals surface area contributed by atoms with Crippen LogP contribution in [-0.4, -0.2) is 21.0 Å². The molecule has 0 aliphatic heterocycles. The first-order valence-electron chi connectivity index (χ1n) is 8.18. The summed E-state index contributed by atoms with van der Waals surface area (Å²) in [4.78, 5) is 17.8. The van der Waals surface area contributed by atoms with Crippen LogP contribution >= 0.6 is 0 Å². The highest BCUT2D eigenvalue weighted by Gasteiger charge is 2.08. The number of aromatic nitrogens is 2. The molecule has 4 heteroatoms. The molecule has 0 aliphatic carbocycles. The van der Waals surface area contributed by atoms with Gasteiger partial charge >= 0.3 is 5.97 Å². The van der Waals surface area contributed by atoms with Gasteiger partial charge in [-0.15, -0.1) is 0 Å². The molecular weight excluding hydrogens is 324 g/mol. The van der Waals surface area contributed by atoms with Crippen molar-refractivity contribution in [3.8, 4) is 22.5 Å². The minimum absolute atomic E-state index is 0.331. The molecule has 0 saturated heterocycles. The zero-order valence-corrected chi connectivity index (χ0v) is 14.0. The predicted octanol–water partition coefficient (Wildman–Crippen LogP) is 5.13. The molecule has 0 spiro atoms. The largest absolute Gasteiger partial charge is 0.478 e. The van der Waals surface area contributed by atoms with Gasteiger partial charge in [-0.25, -0.2) is 9.78 Å². The molecular formula is C22H18N2O2. The highest BCUT2D eigenvalue weighted by Crippen LogP contribution is 2.28. The minimum Gasteiger partial charge on any atom is -0.478 e. The molecule has 1 aromatic heterocycles. The Labute approximate surface area is 151 Å². The lowest BCUT2D eigenvalue weighted by Crippen LogP contribution is -1.93. The van der Waals surface area contributed by atoms with Crippen molar-refractivity contribution in [3.63, 3.8) is 0 Å². The molecule has 128 valence electrons. The van der Waals surface area contributed by atoms with E-state index >= 15 is 0 Å². The van der Waals surface area contributed by atoms with E-state index in [1.54, 1.807) is 36.7 Å². The summed E-state index contributed by atoms with van der Waals surface area (Å²) in [6.45, 7) is 0. The van der Waals surface area contributed by atoms with Crippen LogP contribution in [0.1, 0.15) is 10.4 Å². The molecule has 4 nitrogen and oxygen atoms in total. The maximum atomic E-state index is 10.2. The van der Waals surface area contributed by atoms with Gasteiger partial charge in [0.15, 0.2) is 0 Å². The molecule has 2 N–H and O–H groups in total. The van der Waals surface area contributed by atoms with Crippen LogP contribution in [0, 0.1) is 0 Å². The highest BCUT2D eigenvalue weighted by atomic mass is 16.4. The average Bonchev–Trinajstić information content (AvgIpc) is 3.20. The number of H-pyrrole nitrogens is 1. The Bertz CT molecular complexity index is 895. The fourth-order valence-electron chi connectivity index (χ4n) is 2.51. The molecule has 1 heterocycles. The number of aromatic carboxylic acids is 1. The average molecular weight is 342 g/mol. The topological polar surface area (TPSA) is 66.0 Å². The molecule has 4 rings (SSSR count).